The van der Waals surface area contributed by atoms with Gasteiger partial charge in [0.05, 0.1) is 61.2 Å². The van der Waals surface area contributed by atoms with E-state index in [0.717, 1.165) is 30.3 Å². The van der Waals surface area contributed by atoms with Crippen LogP contribution in [-0.2, 0) is 20.2 Å². The van der Waals surface area contributed by atoms with E-state index in [4.69, 9.17) is 19.4 Å². The predicted octanol–water partition coefficient (Wildman–Crippen LogP) is 8.83. The minimum Gasteiger partial charge on any atom is -0.453 e. The van der Waals surface area contributed by atoms with E-state index < -0.39 is 24.2 Å². The van der Waals surface area contributed by atoms with Gasteiger partial charge in [-0.1, -0.05) is 58.0 Å². The van der Waals surface area contributed by atoms with Crippen LogP contribution in [-0.4, -0.2) is 92.8 Å². The summed E-state index contributed by atoms with van der Waals surface area (Å²) in [6.07, 6.45) is 3.72. The molecule has 9 rings (SSSR count). The number of fused-ring (bicyclic) bond motifs is 6. The Kier molecular flexibility index (Phi) is 11.4. The molecule has 3 aromatic carbocycles. The summed E-state index contributed by atoms with van der Waals surface area (Å²) < 4.78 is 43.1. The monoisotopic (exact) mass is 887 g/mol. The lowest BCUT2D eigenvalue weighted by molar-refractivity contribution is -0.139. The van der Waals surface area contributed by atoms with E-state index >= 15 is 8.78 Å². The topological polar surface area (TPSA) is 181 Å². The molecule has 2 saturated heterocycles. The molecular weight excluding hydrogens is 833 g/mol. The standard InChI is InChI=1S/C49H55F2N9O5/c1-24(2)41(57-47(62)64-6)26(5)59-23-27(21-52)16-40(59)44-53-22-39(56-44)30-10-14-34-33-13-9-28(18-35(33)49(50,51)36(34)19-30)29-11-15-37-38(20-29)55-45(54-37)43-31-8-12-32(17-31)60(43)46(61)42(25(3)4)58-48(63)65-7/h9-11,13-15,18-20,22,24-27,31-32,40-43H,8,12,16-17,23H2,1-7H3,(H,53,56)(H,54,55)(H,57,62)(H,58,63)/t26?,27-,31?,32?,40+,41-,42+,43+/m1/s1. The van der Waals surface area contributed by atoms with Gasteiger partial charge in [-0.3, -0.25) is 9.69 Å². The summed E-state index contributed by atoms with van der Waals surface area (Å²) in [4.78, 5) is 59.1. The lowest BCUT2D eigenvalue weighted by Crippen LogP contribution is -2.54. The van der Waals surface area contributed by atoms with E-state index in [1.807, 2.05) is 69.9 Å². The van der Waals surface area contributed by atoms with Crippen LogP contribution in [0.2, 0.25) is 0 Å². The van der Waals surface area contributed by atoms with Gasteiger partial charge in [-0.2, -0.15) is 14.0 Å². The summed E-state index contributed by atoms with van der Waals surface area (Å²) in [5, 5.41) is 15.6. The molecule has 3 unspecified atom stereocenters. The molecule has 4 aliphatic rings. The Morgan fingerprint density at radius 1 is 0.846 bits per heavy atom. The maximum atomic E-state index is 16.7. The number of ether oxygens (including phenoxy) is 2. The molecule has 1 saturated carbocycles. The normalized spacial score (nSPS) is 23.3. The van der Waals surface area contributed by atoms with Crippen molar-refractivity contribution in [3.63, 3.8) is 0 Å². The van der Waals surface area contributed by atoms with Gasteiger partial charge >= 0.3 is 12.2 Å². The van der Waals surface area contributed by atoms with Crippen LogP contribution >= 0.6 is 0 Å². The van der Waals surface area contributed by atoms with E-state index in [1.165, 1.54) is 20.3 Å². The summed E-state index contributed by atoms with van der Waals surface area (Å²) in [5.41, 5.74) is 4.72. The number of rotatable bonds is 11. The molecule has 2 aliphatic carbocycles. The van der Waals surface area contributed by atoms with Crippen LogP contribution in [0.3, 0.4) is 0 Å². The number of nitriles is 1. The Morgan fingerprint density at radius 2 is 1.51 bits per heavy atom. The summed E-state index contributed by atoms with van der Waals surface area (Å²) in [5.74, 6) is -2.26. The van der Waals surface area contributed by atoms with Crippen LogP contribution in [0.15, 0.2) is 60.8 Å². The largest absolute Gasteiger partial charge is 0.453 e. The number of amides is 3. The summed E-state index contributed by atoms with van der Waals surface area (Å²) in [6, 6.07) is 16.7. The minimum absolute atomic E-state index is 0.0458. The number of aromatic nitrogens is 4. The van der Waals surface area contributed by atoms with Crippen molar-refractivity contribution in [1.82, 2.24) is 40.4 Å². The van der Waals surface area contributed by atoms with E-state index in [1.54, 1.807) is 24.4 Å². The first-order valence-corrected chi connectivity index (χ1v) is 22.5. The highest BCUT2D eigenvalue weighted by Crippen LogP contribution is 2.53. The van der Waals surface area contributed by atoms with Gasteiger partial charge in [0, 0.05) is 41.4 Å². The number of benzene rings is 3. The van der Waals surface area contributed by atoms with Gasteiger partial charge in [0.25, 0.3) is 5.92 Å². The van der Waals surface area contributed by atoms with E-state index in [0.29, 0.717) is 58.1 Å². The Morgan fingerprint density at radius 3 is 2.18 bits per heavy atom. The number of alkyl halides is 2. The van der Waals surface area contributed by atoms with Crippen molar-refractivity contribution in [1.29, 1.82) is 5.26 Å². The number of aromatic amines is 2. The number of halogens is 2. The molecule has 65 heavy (non-hydrogen) atoms. The van der Waals surface area contributed by atoms with Crippen molar-refractivity contribution < 1.29 is 32.6 Å². The van der Waals surface area contributed by atoms with Crippen LogP contribution in [0, 0.1) is 35.0 Å². The quantitative estimate of drug-likeness (QED) is 0.101. The Hall–Kier alpha value is -6.34. The molecular formula is C49H55F2N9O5. The molecule has 2 aliphatic heterocycles. The second-order valence-electron chi connectivity index (χ2n) is 18.8. The van der Waals surface area contributed by atoms with E-state index in [-0.39, 0.29) is 70.9 Å². The minimum atomic E-state index is -3.28. The number of H-pyrrole nitrogens is 2. The average Bonchev–Trinajstić information content (AvgIpc) is 4.17. The number of nitrogens with zero attached hydrogens (tertiary/aromatic N) is 5. The van der Waals surface area contributed by atoms with Gasteiger partial charge in [0.1, 0.15) is 17.7 Å². The number of carbonyl (C=O) groups excluding carboxylic acids is 3. The number of nitrogens with one attached hydrogen (secondary N) is 4. The van der Waals surface area contributed by atoms with Crippen LogP contribution in [0.4, 0.5) is 18.4 Å². The third-order valence-electron chi connectivity index (χ3n) is 14.3. The molecule has 14 nitrogen and oxygen atoms in total. The van der Waals surface area contributed by atoms with Crippen LogP contribution in [0.5, 0.6) is 0 Å². The van der Waals surface area contributed by atoms with Gasteiger partial charge in [0.2, 0.25) is 5.91 Å². The van der Waals surface area contributed by atoms with Gasteiger partial charge in [-0.05, 0) is 96.9 Å². The van der Waals surface area contributed by atoms with Crippen LogP contribution < -0.4 is 10.6 Å². The van der Waals surface area contributed by atoms with Crippen molar-refractivity contribution in [2.45, 2.75) is 102 Å². The van der Waals surface area contributed by atoms with E-state index in [2.05, 4.69) is 31.6 Å². The van der Waals surface area contributed by atoms with Crippen molar-refractivity contribution >= 4 is 29.1 Å². The number of imidazole rings is 2. The number of piperidine rings is 1. The predicted molar refractivity (Wildman–Crippen MR) is 239 cm³/mol. The Bertz CT molecular complexity index is 2710. The third kappa shape index (κ3) is 7.66. The van der Waals surface area contributed by atoms with Gasteiger partial charge < -0.3 is 35.0 Å². The highest BCUT2D eigenvalue weighted by atomic mass is 19.3. The van der Waals surface area contributed by atoms with E-state index in [9.17, 15) is 19.6 Å². The van der Waals surface area contributed by atoms with Gasteiger partial charge in [-0.15, -0.1) is 0 Å². The number of carbonyl (C=O) groups is 3. The van der Waals surface area contributed by atoms with Gasteiger partial charge in [0.15, 0.2) is 0 Å². The molecule has 5 aromatic rings. The molecule has 0 spiro atoms. The Balaban J connectivity index is 0.959. The van der Waals surface area contributed by atoms with Gasteiger partial charge in [-0.25, -0.2) is 19.6 Å². The molecule has 16 heteroatoms. The van der Waals surface area contributed by atoms with Crippen molar-refractivity contribution in [2.24, 2.45) is 23.7 Å². The second kappa shape index (κ2) is 16.9. The lowest BCUT2D eigenvalue weighted by Gasteiger charge is -2.37. The molecule has 2 bridgehead atoms. The summed E-state index contributed by atoms with van der Waals surface area (Å²) in [7, 11) is 2.61. The lowest BCUT2D eigenvalue weighted by atomic mass is 9.95. The maximum Gasteiger partial charge on any atom is 0.407 e. The maximum absolute atomic E-state index is 16.7. The molecule has 4 N–H and O–H groups in total. The summed E-state index contributed by atoms with van der Waals surface area (Å²) in [6.45, 7) is 10.3. The van der Waals surface area contributed by atoms with Crippen molar-refractivity contribution in [3.8, 4) is 39.6 Å². The molecule has 2 aromatic heterocycles. The number of likely N-dealkylation sites (tertiary alicyclic amines) is 2. The molecule has 0 radical (unpaired) electrons. The fraction of sp³-hybridized carbons (Fsp3) is 0.469. The van der Waals surface area contributed by atoms with Crippen molar-refractivity contribution in [3.05, 3.63) is 83.6 Å². The second-order valence-corrected chi connectivity index (χ2v) is 18.8. The fourth-order valence-corrected chi connectivity index (χ4v) is 11.0. The number of hydrogen-bond donors (Lipinski definition) is 4. The molecule has 8 atom stereocenters. The third-order valence-corrected chi connectivity index (χ3v) is 14.3. The zero-order valence-electron chi connectivity index (χ0n) is 37.6. The molecule has 3 amide bonds. The fourth-order valence-electron chi connectivity index (χ4n) is 11.0. The first kappa shape index (κ1) is 43.9. The molecule has 4 heterocycles. The first-order valence-electron chi connectivity index (χ1n) is 22.5. The van der Waals surface area contributed by atoms with Crippen LogP contribution in [0.25, 0.3) is 44.5 Å². The highest BCUT2D eigenvalue weighted by molar-refractivity contribution is 5.88. The SMILES string of the molecule is COC(=O)N[C@H](C(C)C)C(C)N1C[C@@H](C#N)C[C@H]1c1ncc(-c2ccc3c(c2)C(F)(F)c2cc(-c4ccc5nc([C@@H]6C7CCC(C7)N6C(=O)[C@@H](NC(=O)OC)C(C)C)[nH]c5c4)ccc2-3)[nH]1. The summed E-state index contributed by atoms with van der Waals surface area (Å²) >= 11 is 0. The average molecular weight is 888 g/mol. The molecule has 340 valence electrons. The zero-order chi connectivity index (χ0) is 46.1. The number of hydrogen-bond acceptors (Lipinski definition) is 9. The van der Waals surface area contributed by atoms with Crippen molar-refractivity contribution in [2.75, 3.05) is 20.8 Å². The number of methoxy groups -OCH3 is 2. The Labute approximate surface area is 376 Å². The highest BCUT2D eigenvalue weighted by Gasteiger charge is 2.52. The number of alkyl carbamates (subject to hydrolysis) is 2. The van der Waals surface area contributed by atoms with Crippen LogP contribution in [0.1, 0.15) is 95.2 Å². The molecule has 3 fully saturated rings. The zero-order valence-corrected chi connectivity index (χ0v) is 37.6. The smallest absolute Gasteiger partial charge is 0.407 e. The first-order chi connectivity index (χ1) is 31.1.